The largest absolute Gasteiger partial charge is 0.352 e. The molecule has 0 saturated carbocycles. The second kappa shape index (κ2) is 8.37. The lowest BCUT2D eigenvalue weighted by molar-refractivity contribution is 0.0951. The van der Waals surface area contributed by atoms with E-state index in [0.29, 0.717) is 6.54 Å². The van der Waals surface area contributed by atoms with E-state index in [4.69, 9.17) is 4.99 Å². The zero-order chi connectivity index (χ0) is 20.4. The number of aromatic nitrogens is 1. The average Bonchev–Trinajstić information content (AvgIpc) is 3.23. The molecule has 1 aliphatic carbocycles. The molecule has 0 radical (unpaired) electrons. The molecule has 3 aromatic rings. The minimum Gasteiger partial charge on any atom is -0.352 e. The number of carbonyl (C=O) groups is 1. The molecule has 0 aliphatic heterocycles. The summed E-state index contributed by atoms with van der Waals surface area (Å²) in [6.45, 7) is 4.72. The minimum atomic E-state index is -0.0126. The quantitative estimate of drug-likeness (QED) is 0.578. The Labute approximate surface area is 176 Å². The summed E-state index contributed by atoms with van der Waals surface area (Å²) in [6.07, 6.45) is 6.27. The van der Waals surface area contributed by atoms with E-state index in [1.807, 2.05) is 36.5 Å². The van der Waals surface area contributed by atoms with Crippen molar-refractivity contribution in [3.8, 4) is 0 Å². The number of nitrogens with one attached hydrogen (secondary N) is 1. The maximum atomic E-state index is 13.1. The summed E-state index contributed by atoms with van der Waals surface area (Å²) in [7, 11) is 2.06. The van der Waals surface area contributed by atoms with Gasteiger partial charge in [0.05, 0.1) is 5.56 Å². The summed E-state index contributed by atoms with van der Waals surface area (Å²) in [6, 6.07) is 12.2. The summed E-state index contributed by atoms with van der Waals surface area (Å²) in [5.74, 6) is -0.0126. The van der Waals surface area contributed by atoms with Crippen LogP contribution in [0.15, 0.2) is 41.4 Å². The molecular weight excluding hydrogens is 378 g/mol. The van der Waals surface area contributed by atoms with Crippen LogP contribution in [-0.2, 0) is 26.4 Å². The molecule has 1 aromatic carbocycles. The number of carbonyl (C=O) groups excluding carboxylic acids is 1. The van der Waals surface area contributed by atoms with Crippen LogP contribution in [0.3, 0.4) is 0 Å². The van der Waals surface area contributed by atoms with Crippen LogP contribution in [0.2, 0.25) is 0 Å². The van der Waals surface area contributed by atoms with E-state index >= 15 is 0 Å². The van der Waals surface area contributed by atoms with E-state index in [0.717, 1.165) is 41.0 Å². The molecule has 2 aromatic heterocycles. The lowest BCUT2D eigenvalue weighted by atomic mass is 9.95. The first-order valence-electron chi connectivity index (χ1n) is 10.2. The highest BCUT2D eigenvalue weighted by molar-refractivity contribution is 7.16. The molecule has 0 spiro atoms. The molecule has 4 nitrogen and oxygen atoms in total. The second-order valence-corrected chi connectivity index (χ2v) is 8.79. The van der Waals surface area contributed by atoms with Crippen LogP contribution in [0.1, 0.15) is 56.2 Å². The predicted octanol–water partition coefficient (Wildman–Crippen LogP) is 5.26. The summed E-state index contributed by atoms with van der Waals surface area (Å²) in [5.41, 5.74) is 6.58. The van der Waals surface area contributed by atoms with Crippen LogP contribution < -0.4 is 5.32 Å². The Morgan fingerprint density at radius 3 is 2.69 bits per heavy atom. The number of nitrogens with zero attached hydrogens (tertiary/aromatic N) is 2. The third-order valence-electron chi connectivity index (χ3n) is 5.81. The SMILES string of the molecule is Cc1cc(C=Nc2sc3c(c2C(=O)NCc2ccccc2)CCCC3)c(C)n1C. The van der Waals surface area contributed by atoms with E-state index in [-0.39, 0.29) is 5.91 Å². The summed E-state index contributed by atoms with van der Waals surface area (Å²) < 4.78 is 2.16. The first kappa shape index (κ1) is 19.6. The van der Waals surface area contributed by atoms with Gasteiger partial charge in [-0.05, 0) is 56.7 Å². The fourth-order valence-corrected chi connectivity index (χ4v) is 5.12. The number of amides is 1. The summed E-state index contributed by atoms with van der Waals surface area (Å²) >= 11 is 1.68. The van der Waals surface area contributed by atoms with Crippen LogP contribution in [0.4, 0.5) is 5.00 Å². The number of fused-ring (bicyclic) bond motifs is 1. The topological polar surface area (TPSA) is 46.4 Å². The van der Waals surface area contributed by atoms with Crippen molar-refractivity contribution in [1.82, 2.24) is 9.88 Å². The number of thiophene rings is 1. The summed E-state index contributed by atoms with van der Waals surface area (Å²) in [5, 5.41) is 3.94. The normalized spacial score (nSPS) is 13.6. The number of benzene rings is 1. The third-order valence-corrected chi connectivity index (χ3v) is 7.01. The molecule has 0 atom stereocenters. The predicted molar refractivity (Wildman–Crippen MR) is 121 cm³/mol. The molecule has 0 unspecified atom stereocenters. The molecule has 0 bridgehead atoms. The monoisotopic (exact) mass is 405 g/mol. The maximum absolute atomic E-state index is 13.1. The van der Waals surface area contributed by atoms with Gasteiger partial charge in [0, 0.05) is 41.6 Å². The first-order valence-corrected chi connectivity index (χ1v) is 11.0. The van der Waals surface area contributed by atoms with E-state index < -0.39 is 0 Å². The third kappa shape index (κ3) is 4.06. The first-order chi connectivity index (χ1) is 14.0. The molecule has 4 rings (SSSR count). The van der Waals surface area contributed by atoms with Gasteiger partial charge < -0.3 is 9.88 Å². The van der Waals surface area contributed by atoms with E-state index in [2.05, 4.69) is 36.8 Å². The van der Waals surface area contributed by atoms with Gasteiger partial charge in [-0.25, -0.2) is 4.99 Å². The molecular formula is C24H27N3OS. The molecule has 0 saturated heterocycles. The Morgan fingerprint density at radius 2 is 1.97 bits per heavy atom. The van der Waals surface area contributed by atoms with Gasteiger partial charge in [-0.3, -0.25) is 4.79 Å². The molecule has 150 valence electrons. The molecule has 29 heavy (non-hydrogen) atoms. The molecule has 2 heterocycles. The highest BCUT2D eigenvalue weighted by atomic mass is 32.1. The van der Waals surface area contributed by atoms with Crippen molar-refractivity contribution in [2.45, 2.75) is 46.1 Å². The highest BCUT2D eigenvalue weighted by Gasteiger charge is 2.25. The molecule has 0 fully saturated rings. The van der Waals surface area contributed by atoms with E-state index in [1.165, 1.54) is 28.2 Å². The highest BCUT2D eigenvalue weighted by Crippen LogP contribution is 2.40. The molecule has 5 heteroatoms. The van der Waals surface area contributed by atoms with Crippen molar-refractivity contribution >= 4 is 28.5 Å². The van der Waals surface area contributed by atoms with Crippen LogP contribution in [-0.4, -0.2) is 16.7 Å². The Hall–Kier alpha value is -2.66. The fraction of sp³-hybridized carbons (Fsp3) is 0.333. The van der Waals surface area contributed by atoms with Crippen LogP contribution in [0.5, 0.6) is 0 Å². The second-order valence-electron chi connectivity index (χ2n) is 7.70. The van der Waals surface area contributed by atoms with Gasteiger partial charge in [-0.15, -0.1) is 11.3 Å². The van der Waals surface area contributed by atoms with Crippen molar-refractivity contribution in [3.05, 3.63) is 74.9 Å². The minimum absolute atomic E-state index is 0.0126. The Balaban J connectivity index is 1.63. The molecule has 1 N–H and O–H groups in total. The Morgan fingerprint density at radius 1 is 1.21 bits per heavy atom. The van der Waals surface area contributed by atoms with Gasteiger partial charge >= 0.3 is 0 Å². The van der Waals surface area contributed by atoms with Gasteiger partial charge in [-0.2, -0.15) is 0 Å². The lowest BCUT2D eigenvalue weighted by Crippen LogP contribution is -2.24. The van der Waals surface area contributed by atoms with Gasteiger partial charge in [-0.1, -0.05) is 30.3 Å². The fourth-order valence-electron chi connectivity index (χ4n) is 3.89. The van der Waals surface area contributed by atoms with Gasteiger partial charge in [0.15, 0.2) is 0 Å². The average molecular weight is 406 g/mol. The number of aryl methyl sites for hydroxylation is 2. The number of rotatable bonds is 5. The van der Waals surface area contributed by atoms with Crippen LogP contribution in [0.25, 0.3) is 0 Å². The Kier molecular flexibility index (Phi) is 5.67. The van der Waals surface area contributed by atoms with E-state index in [9.17, 15) is 4.79 Å². The van der Waals surface area contributed by atoms with Gasteiger partial charge in [0.2, 0.25) is 0 Å². The standard InChI is InChI=1S/C24H27N3OS/c1-16-13-19(17(2)27(16)3)15-26-24-22(20-11-7-8-12-21(20)29-24)23(28)25-14-18-9-5-4-6-10-18/h4-6,9-10,13,15H,7-8,11-12,14H2,1-3H3,(H,25,28). The van der Waals surface area contributed by atoms with Crippen molar-refractivity contribution in [1.29, 1.82) is 0 Å². The van der Waals surface area contributed by atoms with Gasteiger partial charge in [0.1, 0.15) is 5.00 Å². The molecule has 1 aliphatic rings. The van der Waals surface area contributed by atoms with Crippen molar-refractivity contribution in [3.63, 3.8) is 0 Å². The van der Waals surface area contributed by atoms with Crippen molar-refractivity contribution in [2.75, 3.05) is 0 Å². The van der Waals surface area contributed by atoms with Gasteiger partial charge in [0.25, 0.3) is 5.91 Å². The van der Waals surface area contributed by atoms with Crippen LogP contribution >= 0.6 is 11.3 Å². The Bertz CT molecular complexity index is 1060. The zero-order valence-electron chi connectivity index (χ0n) is 17.3. The number of hydrogen-bond acceptors (Lipinski definition) is 3. The number of aliphatic imine (C=N–C) groups is 1. The van der Waals surface area contributed by atoms with Crippen molar-refractivity contribution in [2.24, 2.45) is 12.0 Å². The maximum Gasteiger partial charge on any atom is 0.254 e. The summed E-state index contributed by atoms with van der Waals surface area (Å²) in [4.78, 5) is 19.2. The zero-order valence-corrected chi connectivity index (χ0v) is 18.1. The van der Waals surface area contributed by atoms with Crippen LogP contribution in [0, 0.1) is 13.8 Å². The van der Waals surface area contributed by atoms with E-state index in [1.54, 1.807) is 11.3 Å². The number of hydrogen-bond donors (Lipinski definition) is 1. The van der Waals surface area contributed by atoms with Crippen molar-refractivity contribution < 1.29 is 4.79 Å². The smallest absolute Gasteiger partial charge is 0.254 e. The molecule has 1 amide bonds. The lowest BCUT2D eigenvalue weighted by Gasteiger charge is -2.12.